The van der Waals surface area contributed by atoms with Crippen molar-refractivity contribution in [2.45, 2.75) is 25.3 Å². The fraction of sp³-hybridized carbons (Fsp3) is 0.714. The average molecular weight is 204 g/mol. The standard InChI is InChI=1S/C7H16N4O3/c8-7(9)10-4-2-1-3-5(11-14)6(12)13/h5,11,14H,1-4H2,(H,12,13)(H4,8,9,10). The molecule has 0 radical (unpaired) electrons. The zero-order chi connectivity index (χ0) is 11.0. The van der Waals surface area contributed by atoms with Crippen molar-refractivity contribution in [3.63, 3.8) is 0 Å². The molecule has 1 atom stereocenters. The zero-order valence-corrected chi connectivity index (χ0v) is 7.79. The van der Waals surface area contributed by atoms with E-state index < -0.39 is 12.0 Å². The van der Waals surface area contributed by atoms with Crippen LogP contribution in [-0.4, -0.2) is 34.8 Å². The van der Waals surface area contributed by atoms with Gasteiger partial charge in [0.1, 0.15) is 6.04 Å². The molecule has 0 spiro atoms. The molecule has 0 aliphatic heterocycles. The van der Waals surface area contributed by atoms with E-state index in [1.807, 2.05) is 0 Å². The van der Waals surface area contributed by atoms with E-state index in [0.29, 0.717) is 25.8 Å². The van der Waals surface area contributed by atoms with Gasteiger partial charge in [0, 0.05) is 6.54 Å². The molecule has 7 heteroatoms. The number of hydrogen-bond donors (Lipinski definition) is 6. The number of carbonyl (C=O) groups is 1. The Hall–Kier alpha value is -1.34. The second-order valence-electron chi connectivity index (χ2n) is 2.86. The van der Waals surface area contributed by atoms with Crippen molar-refractivity contribution in [2.75, 3.05) is 6.54 Å². The molecular weight excluding hydrogens is 188 g/mol. The number of carboxylic acid groups (broad SMARTS) is 1. The number of rotatable bonds is 7. The summed E-state index contributed by atoms with van der Waals surface area (Å²) in [6.45, 7) is 0.535. The summed E-state index contributed by atoms with van der Waals surface area (Å²) in [7, 11) is 0. The number of hydrogen-bond acceptors (Lipinski definition) is 4. The van der Waals surface area contributed by atoms with Crippen LogP contribution >= 0.6 is 0 Å². The third kappa shape index (κ3) is 6.21. The number of guanidine groups is 1. The van der Waals surface area contributed by atoms with Crippen LogP contribution in [0, 0.1) is 5.41 Å². The molecule has 0 fully saturated rings. The summed E-state index contributed by atoms with van der Waals surface area (Å²) < 4.78 is 0. The van der Waals surface area contributed by atoms with Gasteiger partial charge in [-0.15, -0.1) is 0 Å². The highest BCUT2D eigenvalue weighted by atomic mass is 16.5. The first-order chi connectivity index (χ1) is 6.57. The van der Waals surface area contributed by atoms with Gasteiger partial charge in [-0.2, -0.15) is 5.48 Å². The molecule has 0 aromatic rings. The molecule has 0 bridgehead atoms. The highest BCUT2D eigenvalue weighted by molar-refractivity contribution is 5.74. The second kappa shape index (κ2) is 7.10. The highest BCUT2D eigenvalue weighted by Crippen LogP contribution is 1.99. The molecule has 0 amide bonds. The van der Waals surface area contributed by atoms with Gasteiger partial charge in [-0.3, -0.25) is 10.2 Å². The first-order valence-electron chi connectivity index (χ1n) is 4.28. The number of unbranched alkanes of at least 4 members (excludes halogenated alkanes) is 1. The van der Waals surface area contributed by atoms with E-state index in [-0.39, 0.29) is 5.96 Å². The summed E-state index contributed by atoms with van der Waals surface area (Å²) in [5.41, 5.74) is 6.75. The number of hydroxylamine groups is 1. The average Bonchev–Trinajstić information content (AvgIpc) is 2.10. The van der Waals surface area contributed by atoms with E-state index >= 15 is 0 Å². The van der Waals surface area contributed by atoms with Crippen LogP contribution in [0.2, 0.25) is 0 Å². The van der Waals surface area contributed by atoms with Crippen molar-refractivity contribution in [3.8, 4) is 0 Å². The van der Waals surface area contributed by atoms with Gasteiger partial charge in [0.25, 0.3) is 0 Å². The quantitative estimate of drug-likeness (QED) is 0.137. The second-order valence-corrected chi connectivity index (χ2v) is 2.86. The summed E-state index contributed by atoms with van der Waals surface area (Å²) in [5.74, 6) is -1.17. The maximum Gasteiger partial charge on any atom is 0.323 e. The molecule has 0 rings (SSSR count). The van der Waals surface area contributed by atoms with Crippen molar-refractivity contribution in [2.24, 2.45) is 5.73 Å². The van der Waals surface area contributed by atoms with Gasteiger partial charge < -0.3 is 21.4 Å². The van der Waals surface area contributed by atoms with E-state index in [9.17, 15) is 4.79 Å². The van der Waals surface area contributed by atoms with Crippen LogP contribution in [0.4, 0.5) is 0 Å². The normalized spacial score (nSPS) is 12.1. The van der Waals surface area contributed by atoms with Crippen molar-refractivity contribution in [1.29, 1.82) is 5.41 Å². The lowest BCUT2D eigenvalue weighted by atomic mass is 10.1. The minimum atomic E-state index is -1.08. The first kappa shape index (κ1) is 12.7. The fourth-order valence-electron chi connectivity index (χ4n) is 0.940. The van der Waals surface area contributed by atoms with Gasteiger partial charge in [0.05, 0.1) is 0 Å². The molecule has 0 saturated heterocycles. The topological polar surface area (TPSA) is 131 Å². The predicted octanol–water partition coefficient (Wildman–Crippen LogP) is -0.928. The Balaban J connectivity index is 3.42. The van der Waals surface area contributed by atoms with Crippen molar-refractivity contribution < 1.29 is 15.1 Å². The third-order valence-corrected chi connectivity index (χ3v) is 1.69. The summed E-state index contributed by atoms with van der Waals surface area (Å²) in [6.07, 6.45) is 1.67. The molecule has 1 unspecified atom stereocenters. The molecule has 82 valence electrons. The van der Waals surface area contributed by atoms with Crippen LogP contribution in [0.1, 0.15) is 19.3 Å². The summed E-state index contributed by atoms with van der Waals surface area (Å²) in [5, 5.41) is 26.4. The lowest BCUT2D eigenvalue weighted by Crippen LogP contribution is -2.34. The van der Waals surface area contributed by atoms with Crippen molar-refractivity contribution >= 4 is 11.9 Å². The Kier molecular flexibility index (Phi) is 6.42. The van der Waals surface area contributed by atoms with Gasteiger partial charge >= 0.3 is 5.97 Å². The van der Waals surface area contributed by atoms with E-state index in [0.717, 1.165) is 0 Å². The number of nitrogens with two attached hydrogens (primary N) is 1. The smallest absolute Gasteiger partial charge is 0.323 e. The Morgan fingerprint density at radius 1 is 1.50 bits per heavy atom. The van der Waals surface area contributed by atoms with Crippen LogP contribution in [0.3, 0.4) is 0 Å². The van der Waals surface area contributed by atoms with Crippen molar-refractivity contribution in [3.05, 3.63) is 0 Å². The SMILES string of the molecule is N=C(N)NCCCCC(NO)C(=O)O. The predicted molar refractivity (Wildman–Crippen MR) is 50.1 cm³/mol. The van der Waals surface area contributed by atoms with E-state index in [1.165, 1.54) is 0 Å². The molecular formula is C7H16N4O3. The van der Waals surface area contributed by atoms with E-state index in [1.54, 1.807) is 5.48 Å². The molecule has 7 nitrogen and oxygen atoms in total. The van der Waals surface area contributed by atoms with Crippen LogP contribution in [-0.2, 0) is 4.79 Å². The minimum absolute atomic E-state index is 0.0972. The molecule has 14 heavy (non-hydrogen) atoms. The number of nitrogens with one attached hydrogen (secondary N) is 3. The lowest BCUT2D eigenvalue weighted by molar-refractivity contribution is -0.142. The Morgan fingerprint density at radius 2 is 2.14 bits per heavy atom. The molecule has 0 aliphatic rings. The molecule has 0 aliphatic carbocycles. The monoisotopic (exact) mass is 204 g/mol. The summed E-state index contributed by atoms with van der Waals surface area (Å²) >= 11 is 0. The van der Waals surface area contributed by atoms with Gasteiger partial charge in [0.15, 0.2) is 5.96 Å². The van der Waals surface area contributed by atoms with E-state index in [2.05, 4.69) is 5.32 Å². The maximum atomic E-state index is 10.4. The molecule has 0 heterocycles. The van der Waals surface area contributed by atoms with Crippen LogP contribution in [0.15, 0.2) is 0 Å². The molecule has 0 aromatic heterocycles. The van der Waals surface area contributed by atoms with Crippen LogP contribution in [0.5, 0.6) is 0 Å². The highest BCUT2D eigenvalue weighted by Gasteiger charge is 2.14. The first-order valence-corrected chi connectivity index (χ1v) is 4.28. The van der Waals surface area contributed by atoms with Gasteiger partial charge in [-0.25, -0.2) is 0 Å². The molecule has 7 N–H and O–H groups in total. The number of aliphatic carboxylic acids is 1. The Bertz CT molecular complexity index is 197. The Labute approximate surface area is 81.8 Å². The zero-order valence-electron chi connectivity index (χ0n) is 7.79. The fourth-order valence-corrected chi connectivity index (χ4v) is 0.940. The maximum absolute atomic E-state index is 10.4. The number of carboxylic acids is 1. The van der Waals surface area contributed by atoms with Gasteiger partial charge in [-0.1, -0.05) is 0 Å². The van der Waals surface area contributed by atoms with Crippen LogP contribution in [0.25, 0.3) is 0 Å². The minimum Gasteiger partial charge on any atom is -0.480 e. The summed E-state index contributed by atoms with van der Waals surface area (Å²) in [6, 6.07) is -0.924. The lowest BCUT2D eigenvalue weighted by Gasteiger charge is -2.09. The van der Waals surface area contributed by atoms with E-state index in [4.69, 9.17) is 21.5 Å². The van der Waals surface area contributed by atoms with Gasteiger partial charge in [-0.05, 0) is 19.3 Å². The Morgan fingerprint density at radius 3 is 2.57 bits per heavy atom. The molecule has 0 saturated carbocycles. The molecule has 0 aromatic carbocycles. The van der Waals surface area contributed by atoms with Crippen molar-refractivity contribution in [1.82, 2.24) is 10.8 Å². The summed E-state index contributed by atoms with van der Waals surface area (Å²) in [4.78, 5) is 10.4. The third-order valence-electron chi connectivity index (χ3n) is 1.69. The van der Waals surface area contributed by atoms with Crippen LogP contribution < -0.4 is 16.5 Å². The van der Waals surface area contributed by atoms with Gasteiger partial charge in [0.2, 0.25) is 0 Å². The largest absolute Gasteiger partial charge is 0.480 e.